The Balaban J connectivity index is 2.31. The van der Waals surface area contributed by atoms with E-state index in [1.54, 1.807) is 6.08 Å². The van der Waals surface area contributed by atoms with Gasteiger partial charge in [0, 0.05) is 5.57 Å². The first-order valence-corrected chi connectivity index (χ1v) is 5.23. The van der Waals surface area contributed by atoms with Gasteiger partial charge in [0.05, 0.1) is 0 Å². The Morgan fingerprint density at radius 2 is 2.00 bits per heavy atom. The Bertz CT molecular complexity index is 224. The molecule has 2 nitrogen and oxygen atoms in total. The number of ether oxygens (including phenoxy) is 1. The minimum atomic E-state index is -0.253. The zero-order chi connectivity index (χ0) is 10.4. The van der Waals surface area contributed by atoms with Crippen LogP contribution in [0.25, 0.3) is 0 Å². The van der Waals surface area contributed by atoms with E-state index in [2.05, 4.69) is 13.2 Å². The maximum Gasteiger partial charge on any atom is 0.333 e. The van der Waals surface area contributed by atoms with Gasteiger partial charge in [-0.05, 0) is 32.1 Å². The first kappa shape index (κ1) is 11.0. The fraction of sp³-hybridized carbons (Fsp3) is 0.583. The first-order chi connectivity index (χ1) is 6.74. The molecule has 0 radical (unpaired) electrons. The summed E-state index contributed by atoms with van der Waals surface area (Å²) in [4.78, 5) is 11.4. The lowest BCUT2D eigenvalue weighted by molar-refractivity contribution is -0.145. The smallest absolute Gasteiger partial charge is 0.333 e. The molecule has 14 heavy (non-hydrogen) atoms. The van der Waals surface area contributed by atoms with Crippen LogP contribution in [0.3, 0.4) is 0 Å². The van der Waals surface area contributed by atoms with Gasteiger partial charge in [-0.25, -0.2) is 4.79 Å². The van der Waals surface area contributed by atoms with Gasteiger partial charge in [0.15, 0.2) is 0 Å². The third-order valence-corrected chi connectivity index (χ3v) is 2.51. The summed E-state index contributed by atoms with van der Waals surface area (Å²) in [6, 6.07) is 0. The van der Waals surface area contributed by atoms with Crippen molar-refractivity contribution in [1.29, 1.82) is 0 Å². The number of esters is 1. The molecular formula is C12H18O2. The number of hydrogen-bond acceptors (Lipinski definition) is 2. The van der Waals surface area contributed by atoms with Crippen LogP contribution in [0.2, 0.25) is 0 Å². The third-order valence-electron chi connectivity index (χ3n) is 2.51. The summed E-state index contributed by atoms with van der Waals surface area (Å²) in [7, 11) is 0. The highest BCUT2D eigenvalue weighted by Gasteiger charge is 2.18. The second kappa shape index (κ2) is 5.63. The second-order valence-electron chi connectivity index (χ2n) is 3.76. The molecule has 0 amide bonds. The predicted molar refractivity (Wildman–Crippen MR) is 56.9 cm³/mol. The normalized spacial score (nSPS) is 17.4. The van der Waals surface area contributed by atoms with Gasteiger partial charge in [0.1, 0.15) is 6.10 Å². The van der Waals surface area contributed by atoms with Crippen LogP contribution in [0.5, 0.6) is 0 Å². The fourth-order valence-electron chi connectivity index (χ4n) is 1.68. The van der Waals surface area contributed by atoms with E-state index in [0.717, 1.165) is 12.8 Å². The van der Waals surface area contributed by atoms with Crippen molar-refractivity contribution in [2.24, 2.45) is 0 Å². The molecule has 0 saturated heterocycles. The largest absolute Gasteiger partial charge is 0.459 e. The van der Waals surface area contributed by atoms with Crippen molar-refractivity contribution in [2.45, 2.75) is 44.6 Å². The number of rotatable bonds is 4. The fourth-order valence-corrected chi connectivity index (χ4v) is 1.68. The Morgan fingerprint density at radius 3 is 2.57 bits per heavy atom. The van der Waals surface area contributed by atoms with Gasteiger partial charge < -0.3 is 4.74 Å². The lowest BCUT2D eigenvalue weighted by atomic mass is 9.98. The highest BCUT2D eigenvalue weighted by molar-refractivity contribution is 5.88. The van der Waals surface area contributed by atoms with Crippen LogP contribution in [-0.4, -0.2) is 12.1 Å². The maximum atomic E-state index is 11.4. The lowest BCUT2D eigenvalue weighted by Crippen LogP contribution is -2.21. The minimum Gasteiger partial charge on any atom is -0.459 e. The Labute approximate surface area is 85.6 Å². The van der Waals surface area contributed by atoms with Gasteiger partial charge in [-0.1, -0.05) is 19.1 Å². The van der Waals surface area contributed by atoms with Crippen molar-refractivity contribution in [2.75, 3.05) is 0 Å². The summed E-state index contributed by atoms with van der Waals surface area (Å²) >= 11 is 0. The van der Waals surface area contributed by atoms with Gasteiger partial charge in [-0.15, -0.1) is 6.58 Å². The molecule has 0 bridgehead atoms. The van der Waals surface area contributed by atoms with E-state index in [0.29, 0.717) is 12.0 Å². The average Bonchev–Trinajstić information content (AvgIpc) is 2.19. The van der Waals surface area contributed by atoms with Gasteiger partial charge in [-0.2, -0.15) is 0 Å². The number of hydrogen-bond donors (Lipinski definition) is 0. The van der Waals surface area contributed by atoms with E-state index < -0.39 is 0 Å². The minimum absolute atomic E-state index is 0.123. The molecule has 0 aliphatic heterocycles. The summed E-state index contributed by atoms with van der Waals surface area (Å²) in [5.74, 6) is -0.253. The van der Waals surface area contributed by atoms with Gasteiger partial charge in [-0.3, -0.25) is 0 Å². The van der Waals surface area contributed by atoms with Crippen LogP contribution < -0.4 is 0 Å². The van der Waals surface area contributed by atoms with E-state index in [4.69, 9.17) is 4.74 Å². The summed E-state index contributed by atoms with van der Waals surface area (Å²) in [5, 5.41) is 0. The van der Waals surface area contributed by atoms with Crippen LogP contribution in [0.1, 0.15) is 38.5 Å². The van der Waals surface area contributed by atoms with E-state index in [-0.39, 0.29) is 12.1 Å². The van der Waals surface area contributed by atoms with E-state index in [1.807, 2.05) is 0 Å². The molecule has 1 fully saturated rings. The average molecular weight is 194 g/mol. The molecule has 0 heterocycles. The molecule has 78 valence electrons. The number of allylic oxidation sites excluding steroid dienone is 1. The number of carbonyl (C=O) groups is 1. The monoisotopic (exact) mass is 194 g/mol. The molecule has 0 aromatic carbocycles. The van der Waals surface area contributed by atoms with Crippen molar-refractivity contribution in [3.05, 3.63) is 24.8 Å². The van der Waals surface area contributed by atoms with Crippen molar-refractivity contribution >= 4 is 5.97 Å². The Kier molecular flexibility index (Phi) is 4.44. The summed E-state index contributed by atoms with van der Waals surface area (Å²) in [6.07, 6.45) is 7.94. The quantitative estimate of drug-likeness (QED) is 0.390. The van der Waals surface area contributed by atoms with Crippen LogP contribution in [0, 0.1) is 0 Å². The zero-order valence-corrected chi connectivity index (χ0v) is 8.63. The lowest BCUT2D eigenvalue weighted by Gasteiger charge is -2.22. The topological polar surface area (TPSA) is 26.3 Å². The van der Waals surface area contributed by atoms with E-state index in [1.165, 1.54) is 19.3 Å². The number of carbonyl (C=O) groups excluding carboxylic acids is 1. The molecule has 1 rings (SSSR count). The summed E-state index contributed by atoms with van der Waals surface area (Å²) < 4.78 is 5.32. The van der Waals surface area contributed by atoms with E-state index >= 15 is 0 Å². The van der Waals surface area contributed by atoms with E-state index in [9.17, 15) is 4.79 Å². The van der Waals surface area contributed by atoms with Gasteiger partial charge >= 0.3 is 5.97 Å². The molecule has 2 heteroatoms. The molecule has 0 spiro atoms. The SMILES string of the molecule is C=CCC(=C)C(=O)OC1CCCCC1. The van der Waals surface area contributed by atoms with Crippen molar-refractivity contribution in [1.82, 2.24) is 0 Å². The van der Waals surface area contributed by atoms with Crippen molar-refractivity contribution in [3.8, 4) is 0 Å². The summed E-state index contributed by atoms with van der Waals surface area (Å²) in [5.41, 5.74) is 0.505. The Hall–Kier alpha value is -1.05. The molecule has 1 aliphatic carbocycles. The molecular weight excluding hydrogens is 176 g/mol. The molecule has 0 N–H and O–H groups in total. The highest BCUT2D eigenvalue weighted by Crippen LogP contribution is 2.21. The third kappa shape index (κ3) is 3.36. The predicted octanol–water partition coefficient (Wildman–Crippen LogP) is 2.99. The molecule has 0 aromatic heterocycles. The molecule has 0 unspecified atom stereocenters. The van der Waals surface area contributed by atoms with Gasteiger partial charge in [0.25, 0.3) is 0 Å². The molecule has 0 atom stereocenters. The molecule has 0 aromatic rings. The molecule has 1 saturated carbocycles. The van der Waals surface area contributed by atoms with Crippen LogP contribution >= 0.6 is 0 Å². The van der Waals surface area contributed by atoms with Crippen molar-refractivity contribution < 1.29 is 9.53 Å². The maximum absolute atomic E-state index is 11.4. The van der Waals surface area contributed by atoms with Crippen LogP contribution in [0.4, 0.5) is 0 Å². The van der Waals surface area contributed by atoms with Crippen LogP contribution in [0.15, 0.2) is 24.8 Å². The van der Waals surface area contributed by atoms with Crippen LogP contribution in [-0.2, 0) is 9.53 Å². The highest BCUT2D eigenvalue weighted by atomic mass is 16.5. The van der Waals surface area contributed by atoms with Gasteiger partial charge in [0.2, 0.25) is 0 Å². The first-order valence-electron chi connectivity index (χ1n) is 5.23. The zero-order valence-electron chi connectivity index (χ0n) is 8.63. The Morgan fingerprint density at radius 1 is 1.36 bits per heavy atom. The standard InChI is InChI=1S/C12H18O2/c1-3-7-10(2)12(13)14-11-8-5-4-6-9-11/h3,11H,1-2,4-9H2. The van der Waals surface area contributed by atoms with Crippen molar-refractivity contribution in [3.63, 3.8) is 0 Å². The molecule has 1 aliphatic rings. The summed E-state index contributed by atoms with van der Waals surface area (Å²) in [6.45, 7) is 7.23. The second-order valence-corrected chi connectivity index (χ2v) is 3.76.